The molecule has 0 amide bonds. The van der Waals surface area contributed by atoms with Crippen LogP contribution in [0.5, 0.6) is 0 Å². The summed E-state index contributed by atoms with van der Waals surface area (Å²) in [6, 6.07) is 3.25. The fourth-order valence-corrected chi connectivity index (χ4v) is 5.96. The lowest BCUT2D eigenvalue weighted by Crippen LogP contribution is -2.38. The first kappa shape index (κ1) is 12.9. The van der Waals surface area contributed by atoms with E-state index in [1.165, 1.54) is 37.7 Å². The normalized spacial score (nSPS) is 41.9. The highest BCUT2D eigenvalue weighted by molar-refractivity contribution is 5.30. The molecule has 2 bridgehead atoms. The lowest BCUT2D eigenvalue weighted by atomic mass is 9.68. The van der Waals surface area contributed by atoms with Crippen LogP contribution in [0, 0.1) is 16.7 Å². The van der Waals surface area contributed by atoms with E-state index in [1.54, 1.807) is 5.69 Å². The van der Waals surface area contributed by atoms with Crippen LogP contribution in [0.4, 0.5) is 0 Å². The zero-order valence-corrected chi connectivity index (χ0v) is 13.2. The molecule has 2 saturated carbocycles. The topological polar surface area (TPSA) is 30.9 Å². The van der Waals surface area contributed by atoms with E-state index >= 15 is 0 Å². The number of nitrogens with two attached hydrogens (primary N) is 1. The molecule has 0 spiro atoms. The molecule has 1 heterocycles. The van der Waals surface area contributed by atoms with Crippen LogP contribution in [0.15, 0.2) is 12.3 Å². The van der Waals surface area contributed by atoms with Gasteiger partial charge in [0.25, 0.3) is 0 Å². The minimum atomic E-state index is 0.273. The molecule has 4 atom stereocenters. The molecule has 2 heteroatoms. The van der Waals surface area contributed by atoms with Gasteiger partial charge in [-0.3, -0.25) is 0 Å². The van der Waals surface area contributed by atoms with E-state index in [2.05, 4.69) is 37.6 Å². The Bertz CT molecular complexity index is 537. The lowest BCUT2D eigenvalue weighted by Gasteiger charge is -2.45. The van der Waals surface area contributed by atoms with Crippen molar-refractivity contribution in [1.82, 2.24) is 4.57 Å². The summed E-state index contributed by atoms with van der Waals surface area (Å²) in [6.07, 6.45) is 10.3. The van der Waals surface area contributed by atoms with Crippen LogP contribution >= 0.6 is 0 Å². The van der Waals surface area contributed by atoms with E-state index in [1.807, 2.05) is 0 Å². The van der Waals surface area contributed by atoms with Crippen molar-refractivity contribution in [2.45, 2.75) is 71.4 Å². The first-order valence-corrected chi connectivity index (χ1v) is 8.39. The molecule has 3 aliphatic carbocycles. The van der Waals surface area contributed by atoms with Gasteiger partial charge in [-0.15, -0.1) is 0 Å². The summed E-state index contributed by atoms with van der Waals surface area (Å²) in [7, 11) is 0. The van der Waals surface area contributed by atoms with Gasteiger partial charge in [0.05, 0.1) is 0 Å². The van der Waals surface area contributed by atoms with Crippen molar-refractivity contribution in [3.05, 3.63) is 23.5 Å². The third-order valence-electron chi connectivity index (χ3n) is 6.86. The molecule has 2 N–H and O–H groups in total. The molecule has 4 unspecified atom stereocenters. The summed E-state index contributed by atoms with van der Waals surface area (Å²) >= 11 is 0. The summed E-state index contributed by atoms with van der Waals surface area (Å²) in [5.41, 5.74) is 10.2. The molecule has 2 nitrogen and oxygen atoms in total. The zero-order chi connectivity index (χ0) is 14.1. The summed E-state index contributed by atoms with van der Waals surface area (Å²) in [5, 5.41) is 0. The van der Waals surface area contributed by atoms with E-state index in [-0.39, 0.29) is 6.04 Å². The van der Waals surface area contributed by atoms with Crippen molar-refractivity contribution < 1.29 is 0 Å². The van der Waals surface area contributed by atoms with Gasteiger partial charge in [0.1, 0.15) is 0 Å². The van der Waals surface area contributed by atoms with Gasteiger partial charge in [-0.05, 0) is 66.9 Å². The first-order chi connectivity index (χ1) is 9.43. The highest BCUT2D eigenvalue weighted by Gasteiger charge is 2.60. The molecule has 0 aliphatic heterocycles. The fraction of sp³-hybridized carbons (Fsp3) is 0.778. The van der Waals surface area contributed by atoms with E-state index in [0.717, 1.165) is 12.3 Å². The SMILES string of the molecule is CC12CCC(C1)C(C)(C)C2n1ccc2c1CCCC2N. The number of fused-ring (bicyclic) bond motifs is 3. The van der Waals surface area contributed by atoms with Gasteiger partial charge in [0.2, 0.25) is 0 Å². The second-order valence-corrected chi connectivity index (χ2v) is 8.44. The van der Waals surface area contributed by atoms with Crippen molar-refractivity contribution >= 4 is 0 Å². The number of hydrogen-bond donors (Lipinski definition) is 1. The number of nitrogens with zero attached hydrogens (tertiary/aromatic N) is 1. The van der Waals surface area contributed by atoms with Crippen molar-refractivity contribution in [3.63, 3.8) is 0 Å². The van der Waals surface area contributed by atoms with Crippen molar-refractivity contribution in [1.29, 1.82) is 0 Å². The summed E-state index contributed by atoms with van der Waals surface area (Å²) in [4.78, 5) is 0. The average molecular weight is 272 g/mol. The molecule has 1 aromatic rings. The maximum Gasteiger partial charge on any atom is 0.0440 e. The summed E-state index contributed by atoms with van der Waals surface area (Å²) in [6.45, 7) is 7.53. The van der Waals surface area contributed by atoms with Gasteiger partial charge in [-0.25, -0.2) is 0 Å². The Morgan fingerprint density at radius 2 is 2.05 bits per heavy atom. The third kappa shape index (κ3) is 1.49. The molecular weight excluding hydrogens is 244 g/mol. The molecule has 110 valence electrons. The van der Waals surface area contributed by atoms with Crippen LogP contribution in [-0.4, -0.2) is 4.57 Å². The minimum Gasteiger partial charge on any atom is -0.347 e. The highest BCUT2D eigenvalue weighted by Crippen LogP contribution is 2.68. The Morgan fingerprint density at radius 1 is 1.25 bits per heavy atom. The molecule has 1 aromatic heterocycles. The minimum absolute atomic E-state index is 0.273. The van der Waals surface area contributed by atoms with Crippen LogP contribution in [0.2, 0.25) is 0 Å². The first-order valence-electron chi connectivity index (χ1n) is 8.39. The smallest absolute Gasteiger partial charge is 0.0440 e. The van der Waals surface area contributed by atoms with Crippen LogP contribution in [0.3, 0.4) is 0 Å². The van der Waals surface area contributed by atoms with E-state index in [0.29, 0.717) is 16.9 Å². The van der Waals surface area contributed by atoms with Gasteiger partial charge in [-0.1, -0.05) is 20.8 Å². The Labute approximate surface area is 122 Å². The molecule has 2 fully saturated rings. The Morgan fingerprint density at radius 3 is 2.75 bits per heavy atom. The van der Waals surface area contributed by atoms with Gasteiger partial charge < -0.3 is 10.3 Å². The monoisotopic (exact) mass is 272 g/mol. The quantitative estimate of drug-likeness (QED) is 0.815. The maximum atomic E-state index is 6.32. The van der Waals surface area contributed by atoms with Gasteiger partial charge in [-0.2, -0.15) is 0 Å². The van der Waals surface area contributed by atoms with Gasteiger partial charge in [0.15, 0.2) is 0 Å². The average Bonchev–Trinajstić information content (AvgIpc) is 3.00. The number of hydrogen-bond acceptors (Lipinski definition) is 1. The Balaban J connectivity index is 1.82. The van der Waals surface area contributed by atoms with E-state index in [9.17, 15) is 0 Å². The number of rotatable bonds is 1. The maximum absolute atomic E-state index is 6.32. The predicted octanol–water partition coefficient (Wildman–Crippen LogP) is 4.21. The molecule has 4 rings (SSSR count). The Hall–Kier alpha value is -0.760. The molecule has 0 aromatic carbocycles. The lowest BCUT2D eigenvalue weighted by molar-refractivity contribution is 0.0811. The highest BCUT2D eigenvalue weighted by atomic mass is 15.1. The molecule has 0 saturated heterocycles. The second kappa shape index (κ2) is 3.91. The standard InChI is InChI=1S/C18H28N2/c1-17(2)12-7-9-18(3,11-12)16(17)20-10-8-13-14(19)5-4-6-15(13)20/h8,10,12,14,16H,4-7,9,11,19H2,1-3H3. The fourth-order valence-electron chi connectivity index (χ4n) is 5.96. The summed E-state index contributed by atoms with van der Waals surface area (Å²) in [5.74, 6) is 0.910. The zero-order valence-electron chi connectivity index (χ0n) is 13.2. The molecular formula is C18H28N2. The molecule has 0 radical (unpaired) electrons. The van der Waals surface area contributed by atoms with Crippen LogP contribution in [-0.2, 0) is 6.42 Å². The second-order valence-electron chi connectivity index (χ2n) is 8.44. The van der Waals surface area contributed by atoms with Gasteiger partial charge in [0, 0.05) is 24.0 Å². The summed E-state index contributed by atoms with van der Waals surface area (Å²) < 4.78 is 2.65. The van der Waals surface area contributed by atoms with Crippen molar-refractivity contribution in [2.24, 2.45) is 22.5 Å². The van der Waals surface area contributed by atoms with Gasteiger partial charge >= 0.3 is 0 Å². The predicted molar refractivity (Wildman–Crippen MR) is 82.6 cm³/mol. The largest absolute Gasteiger partial charge is 0.347 e. The van der Waals surface area contributed by atoms with Crippen molar-refractivity contribution in [3.8, 4) is 0 Å². The molecule has 3 aliphatic rings. The molecule has 20 heavy (non-hydrogen) atoms. The number of aromatic nitrogens is 1. The van der Waals surface area contributed by atoms with Crippen molar-refractivity contribution in [2.75, 3.05) is 0 Å². The van der Waals surface area contributed by atoms with E-state index < -0.39 is 0 Å². The van der Waals surface area contributed by atoms with Crippen LogP contribution in [0.25, 0.3) is 0 Å². The van der Waals surface area contributed by atoms with Crippen LogP contribution < -0.4 is 5.73 Å². The van der Waals surface area contributed by atoms with E-state index in [4.69, 9.17) is 5.73 Å². The van der Waals surface area contributed by atoms with Crippen LogP contribution in [0.1, 0.15) is 76.2 Å². The third-order valence-corrected chi connectivity index (χ3v) is 6.86. The Kier molecular flexibility index (Phi) is 2.53.